The van der Waals surface area contributed by atoms with Crippen molar-refractivity contribution >= 4 is 5.91 Å². The van der Waals surface area contributed by atoms with Crippen LogP contribution in [0.3, 0.4) is 0 Å². The minimum Gasteiger partial charge on any atom is -0.331 e. The van der Waals surface area contributed by atoms with E-state index in [1.807, 2.05) is 18.2 Å². The van der Waals surface area contributed by atoms with Gasteiger partial charge in [-0.15, -0.1) is 0 Å². The third-order valence-electron chi connectivity index (χ3n) is 3.65. The van der Waals surface area contributed by atoms with Gasteiger partial charge in [-0.2, -0.15) is 0 Å². The van der Waals surface area contributed by atoms with Gasteiger partial charge < -0.3 is 4.90 Å². The third kappa shape index (κ3) is 2.19. The molecular formula is C14H18N2O. The van der Waals surface area contributed by atoms with E-state index in [2.05, 4.69) is 16.8 Å². The van der Waals surface area contributed by atoms with E-state index < -0.39 is 0 Å². The number of hydrogen-bond acceptors (Lipinski definition) is 2. The van der Waals surface area contributed by atoms with Crippen LogP contribution < -0.4 is 0 Å². The molecule has 17 heavy (non-hydrogen) atoms. The standard InChI is InChI=1S/C14H18N2O/c1-10(13-4-2-3-9-15-13)16(12-7-8-12)14(17)11-5-6-11/h2-4,9-12H,5-8H2,1H3/t10-/m1/s1. The summed E-state index contributed by atoms with van der Waals surface area (Å²) in [5.74, 6) is 0.660. The zero-order chi connectivity index (χ0) is 11.8. The zero-order valence-corrected chi connectivity index (χ0v) is 10.2. The highest BCUT2D eigenvalue weighted by Gasteiger charge is 2.42. The van der Waals surface area contributed by atoms with Crippen LogP contribution in [0.2, 0.25) is 0 Å². The number of amides is 1. The van der Waals surface area contributed by atoms with Crippen molar-refractivity contribution in [3.05, 3.63) is 30.1 Å². The second-order valence-corrected chi connectivity index (χ2v) is 5.18. The number of hydrogen-bond donors (Lipinski definition) is 0. The van der Waals surface area contributed by atoms with Crippen LogP contribution in [0.15, 0.2) is 24.4 Å². The molecule has 2 saturated carbocycles. The topological polar surface area (TPSA) is 33.2 Å². The summed E-state index contributed by atoms with van der Waals surface area (Å²) in [5, 5.41) is 0. The fourth-order valence-electron chi connectivity index (χ4n) is 2.35. The summed E-state index contributed by atoms with van der Waals surface area (Å²) in [5.41, 5.74) is 1.01. The first-order valence-electron chi connectivity index (χ1n) is 6.50. The maximum Gasteiger partial charge on any atom is 0.226 e. The van der Waals surface area contributed by atoms with E-state index >= 15 is 0 Å². The second kappa shape index (κ2) is 4.13. The number of carbonyl (C=O) groups excluding carboxylic acids is 1. The molecule has 1 amide bonds. The lowest BCUT2D eigenvalue weighted by Gasteiger charge is -2.29. The smallest absolute Gasteiger partial charge is 0.226 e. The van der Waals surface area contributed by atoms with Gasteiger partial charge in [0.15, 0.2) is 0 Å². The fraction of sp³-hybridized carbons (Fsp3) is 0.571. The van der Waals surface area contributed by atoms with Gasteiger partial charge >= 0.3 is 0 Å². The molecule has 1 aromatic rings. The van der Waals surface area contributed by atoms with Crippen LogP contribution >= 0.6 is 0 Å². The van der Waals surface area contributed by atoms with Crippen molar-refractivity contribution in [1.29, 1.82) is 0 Å². The predicted molar refractivity (Wildman–Crippen MR) is 65.2 cm³/mol. The molecule has 2 aliphatic rings. The van der Waals surface area contributed by atoms with Gasteiger partial charge in [0.25, 0.3) is 0 Å². The summed E-state index contributed by atoms with van der Waals surface area (Å²) in [6, 6.07) is 6.52. The van der Waals surface area contributed by atoms with E-state index in [1.54, 1.807) is 6.20 Å². The van der Waals surface area contributed by atoms with Gasteiger partial charge in [-0.25, -0.2) is 0 Å². The number of carbonyl (C=O) groups is 1. The first-order chi connectivity index (χ1) is 8.27. The molecule has 0 spiro atoms. The molecule has 0 saturated heterocycles. The highest BCUT2D eigenvalue weighted by molar-refractivity contribution is 5.82. The van der Waals surface area contributed by atoms with Crippen LogP contribution in [0, 0.1) is 5.92 Å². The molecule has 0 bridgehead atoms. The Morgan fingerprint density at radius 3 is 2.65 bits per heavy atom. The van der Waals surface area contributed by atoms with Crippen LogP contribution in [0.1, 0.15) is 44.3 Å². The van der Waals surface area contributed by atoms with E-state index in [9.17, 15) is 4.79 Å². The van der Waals surface area contributed by atoms with Gasteiger partial charge in [0.05, 0.1) is 11.7 Å². The van der Waals surface area contributed by atoms with E-state index in [0.29, 0.717) is 17.9 Å². The minimum atomic E-state index is 0.122. The van der Waals surface area contributed by atoms with Crippen LogP contribution in [0.5, 0.6) is 0 Å². The average molecular weight is 230 g/mol. The molecule has 3 nitrogen and oxygen atoms in total. The molecule has 3 heteroatoms. The fourth-order valence-corrected chi connectivity index (χ4v) is 2.35. The van der Waals surface area contributed by atoms with Gasteiger partial charge in [0, 0.05) is 18.2 Å². The van der Waals surface area contributed by atoms with E-state index in [1.165, 1.54) is 0 Å². The van der Waals surface area contributed by atoms with Gasteiger partial charge in [-0.1, -0.05) is 6.07 Å². The van der Waals surface area contributed by atoms with Crippen LogP contribution in [0.4, 0.5) is 0 Å². The Kier molecular flexibility index (Phi) is 2.61. The molecule has 2 fully saturated rings. The van der Waals surface area contributed by atoms with Crippen molar-refractivity contribution in [1.82, 2.24) is 9.88 Å². The summed E-state index contributed by atoms with van der Waals surface area (Å²) in [6.07, 6.45) is 6.29. The Labute approximate surface area is 102 Å². The maximum atomic E-state index is 12.3. The molecule has 0 radical (unpaired) electrons. The molecule has 0 N–H and O–H groups in total. The normalized spacial score (nSPS) is 21.0. The molecule has 0 aliphatic heterocycles. The van der Waals surface area contributed by atoms with E-state index in [4.69, 9.17) is 0 Å². The monoisotopic (exact) mass is 230 g/mol. The highest BCUT2D eigenvalue weighted by atomic mass is 16.2. The lowest BCUT2D eigenvalue weighted by molar-refractivity contribution is -0.135. The van der Waals surface area contributed by atoms with Gasteiger partial charge in [-0.05, 0) is 44.7 Å². The van der Waals surface area contributed by atoms with Crippen molar-refractivity contribution in [2.75, 3.05) is 0 Å². The lowest BCUT2D eigenvalue weighted by Crippen LogP contribution is -2.36. The largest absolute Gasteiger partial charge is 0.331 e. The predicted octanol–water partition coefficient (Wildman–Crippen LogP) is 2.54. The Balaban J connectivity index is 1.80. The Hall–Kier alpha value is -1.38. The quantitative estimate of drug-likeness (QED) is 0.796. The average Bonchev–Trinajstić information content (AvgIpc) is 3.21. The van der Waals surface area contributed by atoms with Gasteiger partial charge in [-0.3, -0.25) is 9.78 Å². The number of pyridine rings is 1. The SMILES string of the molecule is C[C@H](c1ccccn1)N(C(=O)C1CC1)C1CC1. The van der Waals surface area contributed by atoms with Gasteiger partial charge in [0.2, 0.25) is 5.91 Å². The molecule has 0 unspecified atom stereocenters. The number of rotatable bonds is 4. The summed E-state index contributed by atoms with van der Waals surface area (Å²) in [6.45, 7) is 2.10. The number of aromatic nitrogens is 1. The van der Waals surface area contributed by atoms with Crippen LogP contribution in [-0.4, -0.2) is 21.8 Å². The number of nitrogens with zero attached hydrogens (tertiary/aromatic N) is 2. The molecule has 1 aromatic heterocycles. The molecule has 1 heterocycles. The highest BCUT2D eigenvalue weighted by Crippen LogP contribution is 2.40. The van der Waals surface area contributed by atoms with Crippen molar-refractivity contribution in [2.24, 2.45) is 5.92 Å². The van der Waals surface area contributed by atoms with Gasteiger partial charge in [0.1, 0.15) is 0 Å². The first-order valence-corrected chi connectivity index (χ1v) is 6.50. The minimum absolute atomic E-state index is 0.122. The summed E-state index contributed by atoms with van der Waals surface area (Å²) < 4.78 is 0. The summed E-state index contributed by atoms with van der Waals surface area (Å²) >= 11 is 0. The molecule has 2 aliphatic carbocycles. The van der Waals surface area contributed by atoms with Crippen molar-refractivity contribution in [2.45, 2.75) is 44.7 Å². The maximum absolute atomic E-state index is 12.3. The Morgan fingerprint density at radius 1 is 1.35 bits per heavy atom. The van der Waals surface area contributed by atoms with Crippen molar-refractivity contribution in [3.63, 3.8) is 0 Å². The van der Waals surface area contributed by atoms with E-state index in [-0.39, 0.29) is 6.04 Å². The molecule has 90 valence electrons. The molecule has 1 atom stereocenters. The lowest BCUT2D eigenvalue weighted by atomic mass is 10.1. The van der Waals surface area contributed by atoms with Crippen molar-refractivity contribution in [3.8, 4) is 0 Å². The Morgan fingerprint density at radius 2 is 2.12 bits per heavy atom. The molecule has 0 aromatic carbocycles. The summed E-state index contributed by atoms with van der Waals surface area (Å²) in [7, 11) is 0. The van der Waals surface area contributed by atoms with Crippen LogP contribution in [-0.2, 0) is 4.79 Å². The Bertz CT molecular complexity index is 409. The van der Waals surface area contributed by atoms with Crippen molar-refractivity contribution < 1.29 is 4.79 Å². The summed E-state index contributed by atoms with van der Waals surface area (Å²) in [4.78, 5) is 18.8. The third-order valence-corrected chi connectivity index (χ3v) is 3.65. The zero-order valence-electron chi connectivity index (χ0n) is 10.2. The first kappa shape index (κ1) is 10.8. The second-order valence-electron chi connectivity index (χ2n) is 5.18. The van der Waals surface area contributed by atoms with E-state index in [0.717, 1.165) is 31.4 Å². The molecule has 3 rings (SSSR count). The molecular weight excluding hydrogens is 212 g/mol. The van der Waals surface area contributed by atoms with Crippen LogP contribution in [0.25, 0.3) is 0 Å².